The molecule has 0 bridgehead atoms. The SMILES string of the molecule is [CH2]N(C(C)CC)C(C)(C)C. The molecular weight excluding hydrogens is 122 g/mol. The average Bonchev–Trinajstić information content (AvgIpc) is 1.83. The van der Waals surface area contributed by atoms with Crippen molar-refractivity contribution in [3.8, 4) is 0 Å². The first-order chi connectivity index (χ1) is 4.39. The van der Waals surface area contributed by atoms with Gasteiger partial charge in [-0.1, -0.05) is 6.92 Å². The Morgan fingerprint density at radius 3 is 1.90 bits per heavy atom. The van der Waals surface area contributed by atoms with E-state index in [-0.39, 0.29) is 5.54 Å². The Labute approximate surface area is 65.4 Å². The smallest absolute Gasteiger partial charge is 0.0128 e. The van der Waals surface area contributed by atoms with E-state index < -0.39 is 0 Å². The van der Waals surface area contributed by atoms with Gasteiger partial charge in [0.2, 0.25) is 0 Å². The topological polar surface area (TPSA) is 3.24 Å². The summed E-state index contributed by atoms with van der Waals surface area (Å²) in [5.74, 6) is 0. The minimum absolute atomic E-state index is 0.204. The lowest BCUT2D eigenvalue weighted by Gasteiger charge is -2.36. The molecule has 1 heteroatoms. The fourth-order valence-corrected chi connectivity index (χ4v) is 0.882. The van der Waals surface area contributed by atoms with Gasteiger partial charge in [-0.2, -0.15) is 0 Å². The summed E-state index contributed by atoms with van der Waals surface area (Å²) >= 11 is 0. The molecule has 0 N–H and O–H groups in total. The molecule has 0 saturated carbocycles. The summed E-state index contributed by atoms with van der Waals surface area (Å²) in [6.07, 6.45) is 1.17. The van der Waals surface area contributed by atoms with E-state index in [1.165, 1.54) is 6.42 Å². The van der Waals surface area contributed by atoms with Gasteiger partial charge in [0.1, 0.15) is 0 Å². The summed E-state index contributed by atoms with van der Waals surface area (Å²) in [5.41, 5.74) is 0.204. The monoisotopic (exact) mass is 142 g/mol. The van der Waals surface area contributed by atoms with Gasteiger partial charge in [-0.25, -0.2) is 0 Å². The lowest BCUT2D eigenvalue weighted by atomic mass is 10.0. The quantitative estimate of drug-likeness (QED) is 0.573. The third-order valence-electron chi connectivity index (χ3n) is 1.98. The van der Waals surface area contributed by atoms with Crippen LogP contribution < -0.4 is 0 Å². The van der Waals surface area contributed by atoms with Gasteiger partial charge in [-0.3, -0.25) is 4.90 Å². The highest BCUT2D eigenvalue weighted by Crippen LogP contribution is 2.16. The molecule has 0 rings (SSSR count). The van der Waals surface area contributed by atoms with Gasteiger partial charge in [0.15, 0.2) is 0 Å². The summed E-state index contributed by atoms with van der Waals surface area (Å²) < 4.78 is 0. The molecule has 0 aliphatic heterocycles. The van der Waals surface area contributed by atoms with Gasteiger partial charge in [-0.15, -0.1) is 0 Å². The molecule has 10 heavy (non-hydrogen) atoms. The zero-order valence-corrected chi connectivity index (χ0v) is 7.94. The summed E-state index contributed by atoms with van der Waals surface area (Å²) in [6.45, 7) is 11.0. The van der Waals surface area contributed by atoms with E-state index in [1.807, 2.05) is 0 Å². The van der Waals surface area contributed by atoms with Crippen LogP contribution in [0, 0.1) is 7.05 Å². The molecule has 0 aliphatic rings. The van der Waals surface area contributed by atoms with Gasteiger partial charge >= 0.3 is 0 Å². The van der Waals surface area contributed by atoms with Crippen LogP contribution in [0.2, 0.25) is 0 Å². The number of hydrogen-bond donors (Lipinski definition) is 0. The number of rotatable bonds is 2. The maximum atomic E-state index is 4.01. The second kappa shape index (κ2) is 3.38. The molecule has 1 radical (unpaired) electrons. The maximum absolute atomic E-state index is 4.01. The Hall–Kier alpha value is -0.0400. The van der Waals surface area contributed by atoms with E-state index in [2.05, 4.69) is 46.6 Å². The van der Waals surface area contributed by atoms with Gasteiger partial charge in [-0.05, 0) is 34.1 Å². The first kappa shape index (κ1) is 9.96. The molecule has 0 amide bonds. The maximum Gasteiger partial charge on any atom is 0.0128 e. The molecular formula is C9H20N. The average molecular weight is 142 g/mol. The highest BCUT2D eigenvalue weighted by atomic mass is 15.2. The molecule has 0 aromatic rings. The lowest BCUT2D eigenvalue weighted by molar-refractivity contribution is 0.147. The van der Waals surface area contributed by atoms with E-state index in [9.17, 15) is 0 Å². The zero-order chi connectivity index (χ0) is 8.36. The van der Waals surface area contributed by atoms with E-state index in [0.717, 1.165) is 0 Å². The minimum atomic E-state index is 0.204. The Morgan fingerprint density at radius 1 is 1.40 bits per heavy atom. The van der Waals surface area contributed by atoms with Gasteiger partial charge in [0.25, 0.3) is 0 Å². The Morgan fingerprint density at radius 2 is 1.80 bits per heavy atom. The Kier molecular flexibility index (Phi) is 3.37. The third-order valence-corrected chi connectivity index (χ3v) is 1.98. The molecule has 0 spiro atoms. The van der Waals surface area contributed by atoms with Crippen LogP contribution in [0.15, 0.2) is 0 Å². The van der Waals surface area contributed by atoms with Gasteiger partial charge in [0.05, 0.1) is 0 Å². The predicted molar refractivity (Wildman–Crippen MR) is 46.7 cm³/mol. The van der Waals surface area contributed by atoms with E-state index in [4.69, 9.17) is 0 Å². The molecule has 0 heterocycles. The molecule has 0 aliphatic carbocycles. The summed E-state index contributed by atoms with van der Waals surface area (Å²) in [7, 11) is 4.01. The van der Waals surface area contributed by atoms with E-state index >= 15 is 0 Å². The van der Waals surface area contributed by atoms with Crippen LogP contribution in [0.4, 0.5) is 0 Å². The van der Waals surface area contributed by atoms with Crippen LogP contribution in [0.25, 0.3) is 0 Å². The largest absolute Gasteiger partial charge is 0.295 e. The fourth-order valence-electron chi connectivity index (χ4n) is 0.882. The minimum Gasteiger partial charge on any atom is -0.295 e. The van der Waals surface area contributed by atoms with Crippen LogP contribution in [0.1, 0.15) is 41.0 Å². The van der Waals surface area contributed by atoms with E-state index in [0.29, 0.717) is 6.04 Å². The molecule has 0 aromatic heterocycles. The first-order valence-electron chi connectivity index (χ1n) is 3.99. The van der Waals surface area contributed by atoms with Crippen molar-refractivity contribution in [1.82, 2.24) is 4.90 Å². The van der Waals surface area contributed by atoms with Crippen LogP contribution in [-0.2, 0) is 0 Å². The molecule has 1 atom stereocenters. The van der Waals surface area contributed by atoms with Crippen molar-refractivity contribution in [2.75, 3.05) is 0 Å². The van der Waals surface area contributed by atoms with Gasteiger partial charge < -0.3 is 0 Å². The fraction of sp³-hybridized carbons (Fsp3) is 0.889. The molecule has 1 unspecified atom stereocenters. The molecule has 1 nitrogen and oxygen atoms in total. The molecule has 0 aromatic carbocycles. The van der Waals surface area contributed by atoms with E-state index in [1.54, 1.807) is 0 Å². The molecule has 0 fully saturated rings. The third kappa shape index (κ3) is 2.70. The van der Waals surface area contributed by atoms with Crippen LogP contribution in [0.3, 0.4) is 0 Å². The van der Waals surface area contributed by atoms with Crippen LogP contribution in [-0.4, -0.2) is 16.5 Å². The molecule has 0 saturated heterocycles. The Balaban J connectivity index is 3.94. The normalized spacial score (nSPS) is 15.9. The van der Waals surface area contributed by atoms with Crippen molar-refractivity contribution in [1.29, 1.82) is 0 Å². The predicted octanol–water partition coefficient (Wildman–Crippen LogP) is 2.68. The molecule has 61 valence electrons. The second-order valence-corrected chi connectivity index (χ2v) is 3.90. The highest BCUT2D eigenvalue weighted by Gasteiger charge is 2.20. The van der Waals surface area contributed by atoms with Crippen LogP contribution in [0.5, 0.6) is 0 Å². The summed E-state index contributed by atoms with van der Waals surface area (Å²) in [4.78, 5) is 2.16. The van der Waals surface area contributed by atoms with Crippen molar-refractivity contribution in [2.45, 2.75) is 52.6 Å². The number of nitrogens with zero attached hydrogens (tertiary/aromatic N) is 1. The van der Waals surface area contributed by atoms with Gasteiger partial charge in [0, 0.05) is 18.6 Å². The van der Waals surface area contributed by atoms with Crippen molar-refractivity contribution < 1.29 is 0 Å². The summed E-state index contributed by atoms with van der Waals surface area (Å²) in [6, 6.07) is 0.583. The van der Waals surface area contributed by atoms with Crippen molar-refractivity contribution in [3.05, 3.63) is 7.05 Å². The van der Waals surface area contributed by atoms with Crippen LogP contribution >= 0.6 is 0 Å². The van der Waals surface area contributed by atoms with Crippen molar-refractivity contribution in [3.63, 3.8) is 0 Å². The second-order valence-electron chi connectivity index (χ2n) is 3.90. The lowest BCUT2D eigenvalue weighted by Crippen LogP contribution is -2.42. The zero-order valence-electron chi connectivity index (χ0n) is 7.94. The highest BCUT2D eigenvalue weighted by molar-refractivity contribution is 4.79. The standard InChI is InChI=1S/C9H20N/c1-7-8(2)10(6)9(3,4)5/h8H,6-7H2,1-5H3. The number of hydrogen-bond acceptors (Lipinski definition) is 1. The van der Waals surface area contributed by atoms with Crippen molar-refractivity contribution >= 4 is 0 Å². The first-order valence-corrected chi connectivity index (χ1v) is 3.99. The Bertz CT molecular complexity index is 91.4. The summed E-state index contributed by atoms with van der Waals surface area (Å²) in [5, 5.41) is 0. The van der Waals surface area contributed by atoms with Crippen molar-refractivity contribution in [2.24, 2.45) is 0 Å².